The fourth-order valence-electron chi connectivity index (χ4n) is 2.79. The van der Waals surface area contributed by atoms with Crippen molar-refractivity contribution >= 4 is 5.91 Å². The Morgan fingerprint density at radius 1 is 0.815 bits per heavy atom. The van der Waals surface area contributed by atoms with Crippen LogP contribution in [0, 0.1) is 0 Å². The Labute approximate surface area is 166 Å². The van der Waals surface area contributed by atoms with E-state index in [2.05, 4.69) is 36.7 Å². The number of aliphatic hydroxyl groups excluding tert-OH is 2. The third-order valence-electron chi connectivity index (χ3n) is 4.38. The van der Waals surface area contributed by atoms with Gasteiger partial charge in [0.25, 0.3) is 0 Å². The monoisotopic (exact) mass is 382 g/mol. The van der Waals surface area contributed by atoms with Crippen LogP contribution in [0.15, 0.2) is 24.3 Å². The first-order valence-corrected chi connectivity index (χ1v) is 10.8. The van der Waals surface area contributed by atoms with Crippen molar-refractivity contribution in [1.82, 2.24) is 10.4 Å². The van der Waals surface area contributed by atoms with Crippen LogP contribution in [0.1, 0.15) is 84.0 Å². The smallest absolute Gasteiger partial charge is 0.234 e. The molecular weight excluding hydrogens is 340 g/mol. The molecule has 1 amide bonds. The molecule has 3 N–H and O–H groups in total. The Bertz CT molecular complexity index is 378. The molecule has 158 valence electrons. The van der Waals surface area contributed by atoms with E-state index in [0.29, 0.717) is 19.5 Å². The van der Waals surface area contributed by atoms with Gasteiger partial charge in [0, 0.05) is 19.5 Å². The highest BCUT2D eigenvalue weighted by Crippen LogP contribution is 2.08. The summed E-state index contributed by atoms with van der Waals surface area (Å²) in [5.41, 5.74) is 2.73. The molecule has 0 aromatic rings. The molecule has 0 fully saturated rings. The number of carbonyl (C=O) groups excluding carboxylic acids is 1. The quantitative estimate of drug-likeness (QED) is 0.178. The second kappa shape index (κ2) is 21.1. The standard InChI is InChI=1S/C22H42N2O3/c1-2-3-4-5-6-7-8-9-10-11-12-13-14-15-16-17-22(27)23-24(18-20-25)19-21-26/h6-7,9-10,25-26H,2-5,8,11-21H2,1H3,(H,23,27)/b7-6-,10-9-. The molecule has 0 saturated heterocycles. The van der Waals surface area contributed by atoms with Crippen LogP contribution in [0.3, 0.4) is 0 Å². The van der Waals surface area contributed by atoms with Crippen LogP contribution < -0.4 is 5.43 Å². The van der Waals surface area contributed by atoms with E-state index >= 15 is 0 Å². The number of hydrogen-bond acceptors (Lipinski definition) is 4. The highest BCUT2D eigenvalue weighted by atomic mass is 16.3. The minimum absolute atomic E-state index is 0.0377. The van der Waals surface area contributed by atoms with Gasteiger partial charge in [0.05, 0.1) is 13.2 Å². The van der Waals surface area contributed by atoms with E-state index in [1.807, 2.05) is 0 Å². The summed E-state index contributed by atoms with van der Waals surface area (Å²) < 4.78 is 0. The van der Waals surface area contributed by atoms with E-state index in [4.69, 9.17) is 10.2 Å². The second-order valence-electron chi connectivity index (χ2n) is 6.95. The van der Waals surface area contributed by atoms with Crippen molar-refractivity contribution in [3.05, 3.63) is 24.3 Å². The highest BCUT2D eigenvalue weighted by Gasteiger charge is 2.07. The summed E-state index contributed by atoms with van der Waals surface area (Å²) in [4.78, 5) is 11.8. The lowest BCUT2D eigenvalue weighted by atomic mass is 10.1. The topological polar surface area (TPSA) is 72.8 Å². The minimum Gasteiger partial charge on any atom is -0.395 e. The van der Waals surface area contributed by atoms with Gasteiger partial charge in [0.1, 0.15) is 0 Å². The lowest BCUT2D eigenvalue weighted by Gasteiger charge is -2.21. The molecule has 5 heteroatoms. The number of hydrogen-bond donors (Lipinski definition) is 3. The molecule has 0 rings (SSSR count). The van der Waals surface area contributed by atoms with Gasteiger partial charge in [-0.2, -0.15) is 0 Å². The van der Waals surface area contributed by atoms with E-state index in [1.165, 1.54) is 38.5 Å². The molecule has 0 aliphatic heterocycles. The molecule has 0 unspecified atom stereocenters. The number of nitrogens with one attached hydrogen (secondary N) is 1. The van der Waals surface area contributed by atoms with Gasteiger partial charge in [-0.15, -0.1) is 0 Å². The summed E-state index contributed by atoms with van der Waals surface area (Å²) in [6.45, 7) is 2.84. The van der Waals surface area contributed by atoms with E-state index in [-0.39, 0.29) is 19.1 Å². The number of amides is 1. The summed E-state index contributed by atoms with van der Waals surface area (Å²) in [6, 6.07) is 0. The zero-order valence-corrected chi connectivity index (χ0v) is 17.4. The van der Waals surface area contributed by atoms with E-state index < -0.39 is 0 Å². The molecule has 0 aliphatic rings. The minimum atomic E-state index is -0.0393. The maximum atomic E-state index is 11.8. The Morgan fingerprint density at radius 2 is 1.37 bits per heavy atom. The molecule has 27 heavy (non-hydrogen) atoms. The number of allylic oxidation sites excluding steroid dienone is 4. The SMILES string of the molecule is CCCCC/C=C\C/C=C\CCCCCCCC(=O)NN(CCO)CCO. The molecule has 0 radical (unpaired) electrons. The van der Waals surface area contributed by atoms with Gasteiger partial charge in [0.15, 0.2) is 0 Å². The van der Waals surface area contributed by atoms with Crippen molar-refractivity contribution in [1.29, 1.82) is 0 Å². The van der Waals surface area contributed by atoms with Crippen LogP contribution in [-0.2, 0) is 4.79 Å². The molecular formula is C22H42N2O3. The molecule has 5 nitrogen and oxygen atoms in total. The second-order valence-corrected chi connectivity index (χ2v) is 6.95. The molecule has 0 bridgehead atoms. The summed E-state index contributed by atoms with van der Waals surface area (Å²) in [5.74, 6) is -0.0393. The highest BCUT2D eigenvalue weighted by molar-refractivity contribution is 5.75. The maximum absolute atomic E-state index is 11.8. The van der Waals surface area contributed by atoms with Crippen LogP contribution in [-0.4, -0.2) is 47.4 Å². The van der Waals surface area contributed by atoms with Crippen LogP contribution in [0.4, 0.5) is 0 Å². The number of hydrazine groups is 1. The van der Waals surface area contributed by atoms with Crippen molar-refractivity contribution in [2.75, 3.05) is 26.3 Å². The van der Waals surface area contributed by atoms with E-state index in [1.54, 1.807) is 5.01 Å². The molecule has 0 aliphatic carbocycles. The summed E-state index contributed by atoms with van der Waals surface area (Å²) in [7, 11) is 0. The summed E-state index contributed by atoms with van der Waals surface area (Å²) in [5, 5.41) is 19.4. The van der Waals surface area contributed by atoms with Crippen LogP contribution in [0.2, 0.25) is 0 Å². The number of aliphatic hydroxyl groups is 2. The first-order valence-electron chi connectivity index (χ1n) is 10.8. The number of nitrogens with zero attached hydrogens (tertiary/aromatic N) is 1. The third-order valence-corrected chi connectivity index (χ3v) is 4.38. The molecule has 0 saturated carbocycles. The predicted molar refractivity (Wildman–Crippen MR) is 113 cm³/mol. The largest absolute Gasteiger partial charge is 0.395 e. The first kappa shape index (κ1) is 25.8. The van der Waals surface area contributed by atoms with Crippen molar-refractivity contribution in [3.8, 4) is 0 Å². The zero-order chi connectivity index (χ0) is 20.0. The number of rotatable bonds is 19. The molecule has 0 aromatic heterocycles. The lowest BCUT2D eigenvalue weighted by molar-refractivity contribution is -0.126. The van der Waals surface area contributed by atoms with Crippen LogP contribution in [0.25, 0.3) is 0 Å². The van der Waals surface area contributed by atoms with Gasteiger partial charge in [-0.1, -0.05) is 63.3 Å². The van der Waals surface area contributed by atoms with E-state index in [0.717, 1.165) is 32.1 Å². The van der Waals surface area contributed by atoms with E-state index in [9.17, 15) is 4.79 Å². The lowest BCUT2D eigenvalue weighted by Crippen LogP contribution is -2.45. The Hall–Kier alpha value is -1.17. The fourth-order valence-corrected chi connectivity index (χ4v) is 2.79. The van der Waals surface area contributed by atoms with Crippen molar-refractivity contribution in [2.45, 2.75) is 84.0 Å². The maximum Gasteiger partial charge on any atom is 0.234 e. The third kappa shape index (κ3) is 19.4. The van der Waals surface area contributed by atoms with Crippen molar-refractivity contribution < 1.29 is 15.0 Å². The zero-order valence-electron chi connectivity index (χ0n) is 17.4. The van der Waals surface area contributed by atoms with Crippen molar-refractivity contribution in [2.24, 2.45) is 0 Å². The van der Waals surface area contributed by atoms with Crippen LogP contribution >= 0.6 is 0 Å². The number of unbranched alkanes of at least 4 members (excludes halogenated alkanes) is 8. The number of carbonyl (C=O) groups is 1. The van der Waals surface area contributed by atoms with Gasteiger partial charge in [-0.3, -0.25) is 10.2 Å². The van der Waals surface area contributed by atoms with Gasteiger partial charge in [0.2, 0.25) is 5.91 Å². The Balaban J connectivity index is 3.45. The fraction of sp³-hybridized carbons (Fsp3) is 0.773. The molecule has 0 atom stereocenters. The molecule has 0 heterocycles. The van der Waals surface area contributed by atoms with Crippen molar-refractivity contribution in [3.63, 3.8) is 0 Å². The Kier molecular flexibility index (Phi) is 20.2. The summed E-state index contributed by atoms with van der Waals surface area (Å²) >= 11 is 0. The summed E-state index contributed by atoms with van der Waals surface area (Å²) in [6.07, 6.45) is 22.4. The first-order chi connectivity index (χ1) is 13.2. The normalized spacial score (nSPS) is 11.9. The average Bonchev–Trinajstić information content (AvgIpc) is 2.65. The molecule has 0 spiro atoms. The Morgan fingerprint density at radius 3 is 1.96 bits per heavy atom. The van der Waals surface area contributed by atoms with Crippen LogP contribution in [0.5, 0.6) is 0 Å². The van der Waals surface area contributed by atoms with Gasteiger partial charge in [-0.05, 0) is 38.5 Å². The van der Waals surface area contributed by atoms with Gasteiger partial charge >= 0.3 is 0 Å². The van der Waals surface area contributed by atoms with Gasteiger partial charge in [-0.25, -0.2) is 5.01 Å². The molecule has 0 aromatic carbocycles. The predicted octanol–water partition coefficient (Wildman–Crippen LogP) is 4.12. The average molecular weight is 383 g/mol. The van der Waals surface area contributed by atoms with Gasteiger partial charge < -0.3 is 10.2 Å².